The van der Waals surface area contributed by atoms with E-state index in [1.807, 2.05) is 5.32 Å². The molecule has 92 valence electrons. The number of carbonyl (C=O) groups is 2. The van der Waals surface area contributed by atoms with Crippen LogP contribution in [0.4, 0.5) is 0 Å². The van der Waals surface area contributed by atoms with E-state index >= 15 is 0 Å². The number of nitrogens with two attached hydrogens (primary N) is 1. The van der Waals surface area contributed by atoms with Gasteiger partial charge in [-0.1, -0.05) is 12.1 Å². The van der Waals surface area contributed by atoms with E-state index < -0.39 is 11.8 Å². The Hall–Kier alpha value is -2.54. The Kier molecular flexibility index (Phi) is 3.16. The number of nitrogens with one attached hydrogen (secondary N) is 1. The van der Waals surface area contributed by atoms with Crippen LogP contribution in [0.15, 0.2) is 24.3 Å². The highest BCUT2D eigenvalue weighted by Crippen LogP contribution is 2.24. The fourth-order valence-corrected chi connectivity index (χ4v) is 1.43. The molecule has 0 bridgehead atoms. The fourth-order valence-electron chi connectivity index (χ4n) is 1.43. The topological polar surface area (TPSA) is 118 Å². The SMILES string of the molecule is NCC(=O)NC(=O)c1nnc2ccccc2c1O. The maximum absolute atomic E-state index is 11.6. The summed E-state index contributed by atoms with van der Waals surface area (Å²) >= 11 is 0. The van der Waals surface area contributed by atoms with Crippen molar-refractivity contribution in [2.75, 3.05) is 6.54 Å². The van der Waals surface area contributed by atoms with Crippen LogP contribution >= 0.6 is 0 Å². The van der Waals surface area contributed by atoms with Crippen LogP contribution in [-0.2, 0) is 4.79 Å². The number of nitrogens with zero attached hydrogens (tertiary/aromatic N) is 2. The van der Waals surface area contributed by atoms with Crippen LogP contribution in [0.5, 0.6) is 5.75 Å². The summed E-state index contributed by atoms with van der Waals surface area (Å²) in [5.74, 6) is -1.81. The van der Waals surface area contributed by atoms with Gasteiger partial charge in [0.15, 0.2) is 11.4 Å². The van der Waals surface area contributed by atoms with E-state index in [0.29, 0.717) is 10.9 Å². The Labute approximate surface area is 102 Å². The first kappa shape index (κ1) is 11.9. The maximum atomic E-state index is 11.6. The molecule has 2 amide bonds. The molecular formula is C11H10N4O3. The van der Waals surface area contributed by atoms with E-state index in [4.69, 9.17) is 5.73 Å². The Balaban J connectivity index is 2.43. The number of aromatic nitrogens is 2. The smallest absolute Gasteiger partial charge is 0.282 e. The molecule has 7 nitrogen and oxygen atoms in total. The van der Waals surface area contributed by atoms with Gasteiger partial charge < -0.3 is 10.8 Å². The van der Waals surface area contributed by atoms with Crippen LogP contribution in [-0.4, -0.2) is 33.7 Å². The zero-order chi connectivity index (χ0) is 13.1. The molecule has 4 N–H and O–H groups in total. The molecule has 0 aliphatic heterocycles. The van der Waals surface area contributed by atoms with E-state index in [-0.39, 0.29) is 18.0 Å². The molecular weight excluding hydrogens is 236 g/mol. The highest BCUT2D eigenvalue weighted by molar-refractivity contribution is 6.07. The van der Waals surface area contributed by atoms with Gasteiger partial charge >= 0.3 is 0 Å². The Bertz CT molecular complexity index is 627. The Morgan fingerprint density at radius 1 is 1.28 bits per heavy atom. The number of carbonyl (C=O) groups excluding carboxylic acids is 2. The summed E-state index contributed by atoms with van der Waals surface area (Å²) in [4.78, 5) is 22.6. The lowest BCUT2D eigenvalue weighted by Crippen LogP contribution is -2.35. The molecule has 0 saturated heterocycles. The molecule has 0 atom stereocenters. The van der Waals surface area contributed by atoms with E-state index in [0.717, 1.165) is 0 Å². The van der Waals surface area contributed by atoms with Crippen molar-refractivity contribution >= 4 is 22.7 Å². The van der Waals surface area contributed by atoms with Crippen molar-refractivity contribution in [1.29, 1.82) is 0 Å². The Morgan fingerprint density at radius 3 is 2.72 bits per heavy atom. The van der Waals surface area contributed by atoms with Gasteiger partial charge in [-0.25, -0.2) is 0 Å². The summed E-state index contributed by atoms with van der Waals surface area (Å²) in [6.45, 7) is -0.326. The largest absolute Gasteiger partial charge is 0.505 e. The second-order valence-electron chi connectivity index (χ2n) is 3.50. The number of aromatic hydroxyl groups is 1. The van der Waals surface area contributed by atoms with Gasteiger partial charge in [-0.2, -0.15) is 0 Å². The first-order chi connectivity index (χ1) is 8.63. The lowest BCUT2D eigenvalue weighted by atomic mass is 10.2. The van der Waals surface area contributed by atoms with E-state index in [2.05, 4.69) is 10.2 Å². The molecule has 0 saturated carbocycles. The van der Waals surface area contributed by atoms with Gasteiger partial charge in [0.05, 0.1) is 12.1 Å². The predicted molar refractivity (Wildman–Crippen MR) is 62.7 cm³/mol. The third-order valence-electron chi connectivity index (χ3n) is 2.29. The summed E-state index contributed by atoms with van der Waals surface area (Å²) in [6, 6.07) is 6.67. The predicted octanol–water partition coefficient (Wildman–Crippen LogP) is -0.449. The minimum Gasteiger partial charge on any atom is -0.505 e. The Morgan fingerprint density at radius 2 is 2.00 bits per heavy atom. The zero-order valence-corrected chi connectivity index (χ0v) is 9.25. The summed E-state index contributed by atoms with van der Waals surface area (Å²) in [5.41, 5.74) is 5.21. The van der Waals surface area contributed by atoms with E-state index in [1.54, 1.807) is 24.3 Å². The van der Waals surface area contributed by atoms with Crippen LogP contribution in [0.2, 0.25) is 0 Å². The van der Waals surface area contributed by atoms with Crippen molar-refractivity contribution in [3.05, 3.63) is 30.0 Å². The molecule has 1 heterocycles. The van der Waals surface area contributed by atoms with Crippen LogP contribution in [0.25, 0.3) is 10.9 Å². The minimum atomic E-state index is -0.832. The van der Waals surface area contributed by atoms with Gasteiger partial charge in [-0.15, -0.1) is 10.2 Å². The minimum absolute atomic E-state index is 0.310. The number of imide groups is 1. The second kappa shape index (κ2) is 4.76. The number of rotatable bonds is 2. The van der Waals surface area contributed by atoms with E-state index in [9.17, 15) is 14.7 Å². The molecule has 1 aromatic heterocycles. The lowest BCUT2D eigenvalue weighted by Gasteiger charge is -2.05. The number of benzene rings is 1. The standard InChI is InChI=1S/C11H10N4O3/c12-5-8(16)13-11(18)9-10(17)6-3-1-2-4-7(6)14-15-9/h1-4H,5,12H2,(H,14,17)(H,13,16,18). The van der Waals surface area contributed by atoms with Crippen LogP contribution in [0, 0.1) is 0 Å². The third-order valence-corrected chi connectivity index (χ3v) is 2.29. The van der Waals surface area contributed by atoms with Crippen LogP contribution in [0.3, 0.4) is 0 Å². The van der Waals surface area contributed by atoms with Crippen molar-refractivity contribution in [1.82, 2.24) is 15.5 Å². The van der Waals surface area contributed by atoms with Gasteiger partial charge in [0.1, 0.15) is 0 Å². The number of amides is 2. The molecule has 18 heavy (non-hydrogen) atoms. The first-order valence-electron chi connectivity index (χ1n) is 5.12. The molecule has 0 radical (unpaired) electrons. The van der Waals surface area contributed by atoms with Gasteiger partial charge in [0, 0.05) is 5.39 Å². The molecule has 2 aromatic rings. The van der Waals surface area contributed by atoms with Crippen LogP contribution in [0.1, 0.15) is 10.5 Å². The summed E-state index contributed by atoms with van der Waals surface area (Å²) in [6.07, 6.45) is 0. The maximum Gasteiger partial charge on any atom is 0.282 e. The second-order valence-corrected chi connectivity index (χ2v) is 3.50. The summed E-state index contributed by atoms with van der Waals surface area (Å²) in [5, 5.41) is 19.6. The molecule has 7 heteroatoms. The van der Waals surface area contributed by atoms with Gasteiger partial charge in [0.25, 0.3) is 5.91 Å². The van der Waals surface area contributed by atoms with Gasteiger partial charge in [-0.3, -0.25) is 14.9 Å². The average molecular weight is 246 g/mol. The van der Waals surface area contributed by atoms with Crippen molar-refractivity contribution in [2.45, 2.75) is 0 Å². The van der Waals surface area contributed by atoms with Gasteiger partial charge in [-0.05, 0) is 12.1 Å². The quantitative estimate of drug-likeness (QED) is 0.660. The monoisotopic (exact) mass is 246 g/mol. The molecule has 0 spiro atoms. The number of hydrogen-bond donors (Lipinski definition) is 3. The highest BCUT2D eigenvalue weighted by Gasteiger charge is 2.18. The molecule has 1 aromatic carbocycles. The fraction of sp³-hybridized carbons (Fsp3) is 0.0909. The molecule has 0 unspecified atom stereocenters. The number of fused-ring (bicyclic) bond motifs is 1. The highest BCUT2D eigenvalue weighted by atomic mass is 16.3. The normalized spacial score (nSPS) is 10.3. The lowest BCUT2D eigenvalue weighted by molar-refractivity contribution is -0.118. The molecule has 0 fully saturated rings. The molecule has 0 aliphatic rings. The van der Waals surface area contributed by atoms with Gasteiger partial charge in [0.2, 0.25) is 5.91 Å². The summed E-state index contributed by atoms with van der Waals surface area (Å²) in [7, 11) is 0. The van der Waals surface area contributed by atoms with E-state index in [1.165, 1.54) is 0 Å². The third kappa shape index (κ3) is 2.11. The molecule has 2 rings (SSSR count). The zero-order valence-electron chi connectivity index (χ0n) is 9.25. The molecule has 0 aliphatic carbocycles. The van der Waals surface area contributed by atoms with Crippen LogP contribution < -0.4 is 11.1 Å². The van der Waals surface area contributed by atoms with Crippen molar-refractivity contribution in [3.8, 4) is 5.75 Å². The summed E-state index contributed by atoms with van der Waals surface area (Å²) < 4.78 is 0. The number of hydrogen-bond acceptors (Lipinski definition) is 6. The first-order valence-corrected chi connectivity index (χ1v) is 5.12. The van der Waals surface area contributed by atoms with Crippen molar-refractivity contribution < 1.29 is 14.7 Å². The average Bonchev–Trinajstić information content (AvgIpc) is 2.39. The van der Waals surface area contributed by atoms with Crippen molar-refractivity contribution in [3.63, 3.8) is 0 Å². The van der Waals surface area contributed by atoms with Crippen molar-refractivity contribution in [2.24, 2.45) is 5.73 Å².